The molecule has 1 rings (SSSR count). The Balaban J connectivity index is 2.41. The molecule has 0 aliphatic carbocycles. The number of benzene rings is 1. The highest BCUT2D eigenvalue weighted by atomic mass is 127. The van der Waals surface area contributed by atoms with Crippen LogP contribution in [0.25, 0.3) is 0 Å². The number of rotatable bonds is 4. The molecule has 12 heavy (non-hydrogen) atoms. The van der Waals surface area contributed by atoms with Gasteiger partial charge in [0.1, 0.15) is 0 Å². The maximum atomic E-state index is 5.07. The molecule has 0 unspecified atom stereocenters. The predicted octanol–water partition coefficient (Wildman–Crippen LogP) is 2.68. The number of ether oxygens (including phenoxy) is 1. The number of methoxy groups -OCH3 is 1. The second kappa shape index (κ2) is 5.54. The third kappa shape index (κ3) is 3.54. The molecule has 1 aromatic carbocycles. The first-order valence-electron chi connectivity index (χ1n) is 4.00. The van der Waals surface area contributed by atoms with Gasteiger partial charge < -0.3 is 4.74 Å². The molecule has 1 atom stereocenters. The molecule has 0 spiro atoms. The molecule has 0 saturated heterocycles. The first-order valence-corrected chi connectivity index (χ1v) is 5.24. The van der Waals surface area contributed by atoms with Gasteiger partial charge in [0.25, 0.3) is 0 Å². The SMILES string of the molecule is COC[C@H](I)Cc1ccccc1. The van der Waals surface area contributed by atoms with E-state index in [0.29, 0.717) is 3.92 Å². The lowest BCUT2D eigenvalue weighted by Gasteiger charge is -2.07. The van der Waals surface area contributed by atoms with Crippen molar-refractivity contribution in [2.24, 2.45) is 0 Å². The van der Waals surface area contributed by atoms with Crippen molar-refractivity contribution >= 4 is 22.6 Å². The zero-order valence-electron chi connectivity index (χ0n) is 7.16. The quantitative estimate of drug-likeness (QED) is 0.607. The van der Waals surface area contributed by atoms with Crippen LogP contribution in [0.5, 0.6) is 0 Å². The third-order valence-corrected chi connectivity index (χ3v) is 2.45. The molecular weight excluding hydrogens is 263 g/mol. The van der Waals surface area contributed by atoms with E-state index in [1.807, 2.05) is 6.07 Å². The van der Waals surface area contributed by atoms with Crippen molar-refractivity contribution in [3.05, 3.63) is 35.9 Å². The van der Waals surface area contributed by atoms with Gasteiger partial charge >= 0.3 is 0 Å². The Kier molecular flexibility index (Phi) is 4.61. The van der Waals surface area contributed by atoms with Gasteiger partial charge in [-0.2, -0.15) is 0 Å². The number of halogens is 1. The molecule has 0 aliphatic rings. The summed E-state index contributed by atoms with van der Waals surface area (Å²) in [6, 6.07) is 10.5. The van der Waals surface area contributed by atoms with Crippen LogP contribution in [-0.2, 0) is 11.2 Å². The fourth-order valence-corrected chi connectivity index (χ4v) is 1.98. The van der Waals surface area contributed by atoms with Crippen molar-refractivity contribution in [1.29, 1.82) is 0 Å². The van der Waals surface area contributed by atoms with Crippen LogP contribution < -0.4 is 0 Å². The molecule has 2 heteroatoms. The Hall–Kier alpha value is -0.0900. The molecular formula is C10H13IO. The molecule has 0 fully saturated rings. The second-order valence-corrected chi connectivity index (χ2v) is 4.50. The van der Waals surface area contributed by atoms with Crippen LogP contribution in [0, 0.1) is 0 Å². The molecule has 1 nitrogen and oxygen atoms in total. The normalized spacial score (nSPS) is 12.8. The van der Waals surface area contributed by atoms with Crippen molar-refractivity contribution in [2.45, 2.75) is 10.3 Å². The van der Waals surface area contributed by atoms with Gasteiger partial charge in [-0.15, -0.1) is 0 Å². The van der Waals surface area contributed by atoms with Gasteiger partial charge in [0.05, 0.1) is 6.61 Å². The fourth-order valence-electron chi connectivity index (χ4n) is 1.11. The molecule has 66 valence electrons. The number of hydrogen-bond acceptors (Lipinski definition) is 1. The van der Waals surface area contributed by atoms with E-state index in [1.165, 1.54) is 5.56 Å². The van der Waals surface area contributed by atoms with E-state index in [0.717, 1.165) is 13.0 Å². The average Bonchev–Trinajstić information content (AvgIpc) is 2.06. The smallest absolute Gasteiger partial charge is 0.0583 e. The standard InChI is InChI=1S/C10H13IO/c1-12-8-10(11)7-9-5-3-2-4-6-9/h2-6,10H,7-8H2,1H3/t10-/m1/s1. The lowest BCUT2D eigenvalue weighted by Crippen LogP contribution is -2.09. The van der Waals surface area contributed by atoms with Crippen LogP contribution in [0.15, 0.2) is 30.3 Å². The Morgan fingerprint density at radius 1 is 1.33 bits per heavy atom. The lowest BCUT2D eigenvalue weighted by atomic mass is 10.1. The summed E-state index contributed by atoms with van der Waals surface area (Å²) in [5, 5.41) is 0. The van der Waals surface area contributed by atoms with Crippen LogP contribution in [-0.4, -0.2) is 17.6 Å². The minimum absolute atomic E-state index is 0.579. The van der Waals surface area contributed by atoms with Gasteiger partial charge in [0.2, 0.25) is 0 Å². The van der Waals surface area contributed by atoms with Gasteiger partial charge in [-0.25, -0.2) is 0 Å². The lowest BCUT2D eigenvalue weighted by molar-refractivity contribution is 0.202. The van der Waals surface area contributed by atoms with Crippen molar-refractivity contribution in [3.63, 3.8) is 0 Å². The summed E-state index contributed by atoms with van der Waals surface area (Å²) in [4.78, 5) is 0. The summed E-state index contributed by atoms with van der Waals surface area (Å²) in [5.74, 6) is 0. The van der Waals surface area contributed by atoms with E-state index in [2.05, 4.69) is 46.9 Å². The Morgan fingerprint density at radius 3 is 2.58 bits per heavy atom. The number of alkyl halides is 1. The second-order valence-electron chi connectivity index (χ2n) is 2.74. The summed E-state index contributed by atoms with van der Waals surface area (Å²) >= 11 is 2.42. The van der Waals surface area contributed by atoms with E-state index >= 15 is 0 Å². The minimum Gasteiger partial charge on any atom is -0.384 e. The van der Waals surface area contributed by atoms with Crippen LogP contribution in [0.3, 0.4) is 0 Å². The van der Waals surface area contributed by atoms with Crippen molar-refractivity contribution < 1.29 is 4.74 Å². The summed E-state index contributed by atoms with van der Waals surface area (Å²) in [6.07, 6.45) is 1.09. The summed E-state index contributed by atoms with van der Waals surface area (Å²) in [7, 11) is 1.75. The highest BCUT2D eigenvalue weighted by Crippen LogP contribution is 2.10. The van der Waals surface area contributed by atoms with Gasteiger partial charge in [-0.05, 0) is 12.0 Å². The van der Waals surface area contributed by atoms with Crippen molar-refractivity contribution in [1.82, 2.24) is 0 Å². The molecule has 1 aromatic rings. The third-order valence-electron chi connectivity index (χ3n) is 1.65. The predicted molar refractivity (Wildman–Crippen MR) is 59.8 cm³/mol. The molecule has 0 saturated carbocycles. The maximum absolute atomic E-state index is 5.07. The summed E-state index contributed by atoms with van der Waals surface area (Å²) in [5.41, 5.74) is 1.38. The first-order chi connectivity index (χ1) is 5.83. The monoisotopic (exact) mass is 276 g/mol. The molecule has 0 N–H and O–H groups in total. The van der Waals surface area contributed by atoms with Gasteiger partial charge in [0.15, 0.2) is 0 Å². The Labute approximate surface area is 87.3 Å². The topological polar surface area (TPSA) is 9.23 Å². The van der Waals surface area contributed by atoms with Crippen LogP contribution in [0.4, 0.5) is 0 Å². The van der Waals surface area contributed by atoms with Crippen molar-refractivity contribution in [3.8, 4) is 0 Å². The van der Waals surface area contributed by atoms with E-state index in [9.17, 15) is 0 Å². The zero-order chi connectivity index (χ0) is 8.81. The average molecular weight is 276 g/mol. The highest BCUT2D eigenvalue weighted by molar-refractivity contribution is 14.1. The summed E-state index contributed by atoms with van der Waals surface area (Å²) < 4.78 is 5.65. The molecule has 0 radical (unpaired) electrons. The molecule has 0 heterocycles. The molecule has 0 aliphatic heterocycles. The maximum Gasteiger partial charge on any atom is 0.0583 e. The Morgan fingerprint density at radius 2 is 2.00 bits per heavy atom. The fraction of sp³-hybridized carbons (Fsp3) is 0.400. The molecule has 0 bridgehead atoms. The molecule has 0 amide bonds. The van der Waals surface area contributed by atoms with Crippen molar-refractivity contribution in [2.75, 3.05) is 13.7 Å². The number of hydrogen-bond donors (Lipinski definition) is 0. The molecule has 0 aromatic heterocycles. The van der Waals surface area contributed by atoms with Crippen LogP contribution in [0.1, 0.15) is 5.56 Å². The first kappa shape index (κ1) is 9.99. The van der Waals surface area contributed by atoms with E-state index in [-0.39, 0.29) is 0 Å². The largest absolute Gasteiger partial charge is 0.384 e. The van der Waals surface area contributed by atoms with Crippen LogP contribution >= 0.6 is 22.6 Å². The van der Waals surface area contributed by atoms with Gasteiger partial charge in [-0.3, -0.25) is 0 Å². The van der Waals surface area contributed by atoms with Gasteiger partial charge in [-0.1, -0.05) is 52.9 Å². The minimum atomic E-state index is 0.579. The van der Waals surface area contributed by atoms with E-state index < -0.39 is 0 Å². The van der Waals surface area contributed by atoms with E-state index in [4.69, 9.17) is 4.74 Å². The van der Waals surface area contributed by atoms with Crippen LogP contribution in [0.2, 0.25) is 0 Å². The Bertz CT molecular complexity index is 210. The zero-order valence-corrected chi connectivity index (χ0v) is 9.32. The summed E-state index contributed by atoms with van der Waals surface area (Å²) in [6.45, 7) is 0.829. The van der Waals surface area contributed by atoms with Gasteiger partial charge in [0, 0.05) is 11.0 Å². The van der Waals surface area contributed by atoms with E-state index in [1.54, 1.807) is 7.11 Å². The highest BCUT2D eigenvalue weighted by Gasteiger charge is 2.03.